The third kappa shape index (κ3) is 5.41. The molecule has 2 heterocycles. The van der Waals surface area contributed by atoms with Gasteiger partial charge in [0.15, 0.2) is 0 Å². The summed E-state index contributed by atoms with van der Waals surface area (Å²) in [7, 11) is 0. The van der Waals surface area contributed by atoms with E-state index in [0.29, 0.717) is 12.6 Å². The van der Waals surface area contributed by atoms with Gasteiger partial charge in [-0.1, -0.05) is 42.5 Å². The molecule has 0 aliphatic carbocycles. The highest BCUT2D eigenvalue weighted by Gasteiger charge is 2.24. The van der Waals surface area contributed by atoms with Crippen LogP contribution in [-0.4, -0.2) is 48.9 Å². The highest BCUT2D eigenvalue weighted by Crippen LogP contribution is 2.28. The topological polar surface area (TPSA) is 41.6 Å². The van der Waals surface area contributed by atoms with Crippen LogP contribution in [0, 0.1) is 0 Å². The van der Waals surface area contributed by atoms with E-state index in [1.807, 2.05) is 30.3 Å². The van der Waals surface area contributed by atoms with Crippen LogP contribution in [0.5, 0.6) is 0 Å². The Hall–Kier alpha value is -1.82. The Morgan fingerprint density at radius 2 is 1.83 bits per heavy atom. The molecular formula is C24H30N2O2S. The summed E-state index contributed by atoms with van der Waals surface area (Å²) in [6.45, 7) is 3.70. The number of ether oxygens (including phenoxy) is 1. The monoisotopic (exact) mass is 410 g/mol. The maximum absolute atomic E-state index is 13.0. The summed E-state index contributed by atoms with van der Waals surface area (Å²) in [4.78, 5) is 16.6. The van der Waals surface area contributed by atoms with Gasteiger partial charge in [0.05, 0.1) is 17.7 Å². The molecule has 154 valence electrons. The van der Waals surface area contributed by atoms with Crippen LogP contribution in [-0.2, 0) is 4.74 Å². The van der Waals surface area contributed by atoms with Crippen molar-refractivity contribution >= 4 is 17.7 Å². The van der Waals surface area contributed by atoms with E-state index < -0.39 is 0 Å². The van der Waals surface area contributed by atoms with E-state index in [1.54, 1.807) is 11.8 Å². The van der Waals surface area contributed by atoms with Crippen molar-refractivity contribution in [1.82, 2.24) is 10.2 Å². The molecular weight excluding hydrogens is 380 g/mol. The first kappa shape index (κ1) is 20.5. The lowest BCUT2D eigenvalue weighted by molar-refractivity contribution is 0.0935. The number of nitrogens with one attached hydrogen (secondary N) is 1. The number of carbonyl (C=O) groups is 1. The van der Waals surface area contributed by atoms with Gasteiger partial charge in [-0.05, 0) is 56.5 Å². The van der Waals surface area contributed by atoms with E-state index in [1.165, 1.54) is 18.4 Å². The van der Waals surface area contributed by atoms with Crippen molar-refractivity contribution in [3.05, 3.63) is 65.7 Å². The van der Waals surface area contributed by atoms with Gasteiger partial charge < -0.3 is 10.1 Å². The fraction of sp³-hybridized carbons (Fsp3) is 0.458. The first-order chi connectivity index (χ1) is 14.3. The lowest BCUT2D eigenvalue weighted by Gasteiger charge is -2.28. The van der Waals surface area contributed by atoms with Gasteiger partial charge in [0, 0.05) is 23.8 Å². The van der Waals surface area contributed by atoms with Gasteiger partial charge in [-0.2, -0.15) is 0 Å². The second-order valence-corrected chi connectivity index (χ2v) is 8.88. The Balaban J connectivity index is 1.41. The van der Waals surface area contributed by atoms with Crippen LogP contribution < -0.4 is 5.32 Å². The molecule has 0 unspecified atom stereocenters. The Morgan fingerprint density at radius 1 is 1.07 bits per heavy atom. The van der Waals surface area contributed by atoms with Crippen molar-refractivity contribution < 1.29 is 9.53 Å². The number of benzene rings is 2. The molecule has 2 fully saturated rings. The molecule has 0 bridgehead atoms. The lowest BCUT2D eigenvalue weighted by Crippen LogP contribution is -2.37. The Kier molecular flexibility index (Phi) is 7.25. The maximum atomic E-state index is 13.0. The first-order valence-electron chi connectivity index (χ1n) is 10.7. The van der Waals surface area contributed by atoms with Gasteiger partial charge in [-0.3, -0.25) is 9.69 Å². The van der Waals surface area contributed by atoms with E-state index in [2.05, 4.69) is 34.5 Å². The van der Waals surface area contributed by atoms with E-state index in [-0.39, 0.29) is 11.9 Å². The number of hydrogen-bond acceptors (Lipinski definition) is 4. The van der Waals surface area contributed by atoms with Crippen LogP contribution in [0.4, 0.5) is 0 Å². The molecule has 0 aromatic heterocycles. The van der Waals surface area contributed by atoms with Gasteiger partial charge in [0.2, 0.25) is 0 Å². The van der Waals surface area contributed by atoms with Crippen molar-refractivity contribution in [2.75, 3.05) is 32.0 Å². The van der Waals surface area contributed by atoms with Crippen molar-refractivity contribution in [1.29, 1.82) is 0 Å². The third-order valence-electron chi connectivity index (χ3n) is 5.80. The van der Waals surface area contributed by atoms with E-state index in [9.17, 15) is 4.79 Å². The van der Waals surface area contributed by atoms with E-state index >= 15 is 0 Å². The zero-order chi connectivity index (χ0) is 19.9. The molecule has 2 atom stereocenters. The predicted octanol–water partition coefficient (Wildman–Crippen LogP) is 4.52. The normalized spacial score (nSPS) is 20.6. The van der Waals surface area contributed by atoms with Crippen LogP contribution in [0.1, 0.15) is 47.6 Å². The Labute approximate surface area is 178 Å². The first-order valence-corrected chi connectivity index (χ1v) is 11.7. The van der Waals surface area contributed by atoms with Gasteiger partial charge in [-0.25, -0.2) is 0 Å². The van der Waals surface area contributed by atoms with Gasteiger partial charge in [0.25, 0.3) is 5.91 Å². The van der Waals surface area contributed by atoms with Gasteiger partial charge in [0.1, 0.15) is 0 Å². The Morgan fingerprint density at radius 3 is 2.59 bits per heavy atom. The molecule has 2 aliphatic rings. The smallest absolute Gasteiger partial charge is 0.252 e. The number of thioether (sulfide) groups is 1. The number of nitrogens with zero attached hydrogens (tertiary/aromatic N) is 1. The quantitative estimate of drug-likeness (QED) is 0.650. The largest absolute Gasteiger partial charge is 0.377 e. The molecule has 2 aromatic carbocycles. The predicted molar refractivity (Wildman–Crippen MR) is 118 cm³/mol. The Bertz CT molecular complexity index is 786. The summed E-state index contributed by atoms with van der Waals surface area (Å²) in [6, 6.07) is 18.7. The molecule has 4 rings (SSSR count). The SMILES string of the molecule is O=C(NC[C@H](c1ccccc1)N1CCCC1)c1ccccc1SC[C@@H]1CCCO1. The molecule has 4 nitrogen and oxygen atoms in total. The zero-order valence-electron chi connectivity index (χ0n) is 16.9. The highest BCUT2D eigenvalue weighted by molar-refractivity contribution is 7.99. The number of amides is 1. The molecule has 0 saturated carbocycles. The summed E-state index contributed by atoms with van der Waals surface area (Å²) in [5.41, 5.74) is 2.04. The van der Waals surface area contributed by atoms with Crippen LogP contribution in [0.15, 0.2) is 59.5 Å². The molecule has 0 spiro atoms. The summed E-state index contributed by atoms with van der Waals surface area (Å²) in [6.07, 6.45) is 5.05. The molecule has 2 aromatic rings. The van der Waals surface area contributed by atoms with E-state index in [4.69, 9.17) is 4.74 Å². The van der Waals surface area contributed by atoms with Crippen LogP contribution >= 0.6 is 11.8 Å². The van der Waals surface area contributed by atoms with Crippen molar-refractivity contribution in [2.24, 2.45) is 0 Å². The maximum Gasteiger partial charge on any atom is 0.252 e. The summed E-state index contributed by atoms with van der Waals surface area (Å²) in [5.74, 6) is 0.922. The van der Waals surface area contributed by atoms with E-state index in [0.717, 1.165) is 48.7 Å². The molecule has 0 radical (unpaired) electrons. The van der Waals surface area contributed by atoms with Gasteiger partial charge >= 0.3 is 0 Å². The minimum Gasteiger partial charge on any atom is -0.377 e. The number of rotatable bonds is 8. The minimum atomic E-state index is 0.0144. The second kappa shape index (κ2) is 10.3. The molecule has 1 amide bonds. The number of likely N-dealkylation sites (tertiary alicyclic amines) is 1. The molecule has 29 heavy (non-hydrogen) atoms. The average molecular weight is 411 g/mol. The van der Waals surface area contributed by atoms with Crippen LogP contribution in [0.25, 0.3) is 0 Å². The molecule has 2 saturated heterocycles. The number of carbonyl (C=O) groups excluding carboxylic acids is 1. The van der Waals surface area contributed by atoms with Crippen molar-refractivity contribution in [3.63, 3.8) is 0 Å². The summed E-state index contributed by atoms with van der Waals surface area (Å²) >= 11 is 1.73. The number of hydrogen-bond donors (Lipinski definition) is 1. The summed E-state index contributed by atoms with van der Waals surface area (Å²) in [5, 5.41) is 3.22. The third-order valence-corrected chi connectivity index (χ3v) is 7.01. The molecule has 1 N–H and O–H groups in total. The van der Waals surface area contributed by atoms with Crippen molar-refractivity contribution in [2.45, 2.75) is 42.7 Å². The fourth-order valence-corrected chi connectivity index (χ4v) is 5.33. The minimum absolute atomic E-state index is 0.0144. The highest BCUT2D eigenvalue weighted by atomic mass is 32.2. The van der Waals surface area contributed by atoms with Crippen molar-refractivity contribution in [3.8, 4) is 0 Å². The fourth-order valence-electron chi connectivity index (χ4n) is 4.21. The zero-order valence-corrected chi connectivity index (χ0v) is 17.7. The lowest BCUT2D eigenvalue weighted by atomic mass is 10.1. The average Bonchev–Trinajstić information content (AvgIpc) is 3.48. The molecule has 2 aliphatic heterocycles. The molecule has 5 heteroatoms. The van der Waals surface area contributed by atoms with Crippen LogP contribution in [0.3, 0.4) is 0 Å². The summed E-state index contributed by atoms with van der Waals surface area (Å²) < 4.78 is 5.73. The second-order valence-electron chi connectivity index (χ2n) is 7.82. The van der Waals surface area contributed by atoms with Crippen LogP contribution in [0.2, 0.25) is 0 Å². The standard InChI is InChI=1S/C24H30N2O2S/c27-24(21-12-4-5-13-23(21)29-18-20-11-8-16-28-20)25-17-22(26-14-6-7-15-26)19-9-2-1-3-10-19/h1-5,9-10,12-13,20,22H,6-8,11,14-18H2,(H,25,27)/t20-,22+/m0/s1. The van der Waals surface area contributed by atoms with Gasteiger partial charge in [-0.15, -0.1) is 11.8 Å².